The molecule has 4 heteroatoms. The largest absolute Gasteiger partial charge is 0.478 e. The zero-order chi connectivity index (χ0) is 11.1. The fourth-order valence-corrected chi connectivity index (χ4v) is 1.33. The Morgan fingerprint density at radius 2 is 2.27 bits per heavy atom. The van der Waals surface area contributed by atoms with Gasteiger partial charge in [0.15, 0.2) is 0 Å². The van der Waals surface area contributed by atoms with Gasteiger partial charge in [-0.1, -0.05) is 24.9 Å². The lowest BCUT2D eigenvalue weighted by Crippen LogP contribution is -2.08. The lowest BCUT2D eigenvalue weighted by atomic mass is 10.3. The van der Waals surface area contributed by atoms with E-state index in [9.17, 15) is 0 Å². The Labute approximate surface area is 95.8 Å². The minimum atomic E-state index is 0.651. The van der Waals surface area contributed by atoms with Crippen LogP contribution < -0.4 is 10.1 Å². The van der Waals surface area contributed by atoms with Crippen molar-refractivity contribution in [1.82, 2.24) is 10.3 Å². The summed E-state index contributed by atoms with van der Waals surface area (Å²) in [5.41, 5.74) is 0.827. The Hall–Kier alpha value is -0.800. The Morgan fingerprint density at radius 1 is 1.47 bits per heavy atom. The number of pyridine rings is 1. The van der Waals surface area contributed by atoms with Crippen LogP contribution in [0.5, 0.6) is 5.88 Å². The highest BCUT2D eigenvalue weighted by atomic mass is 35.5. The van der Waals surface area contributed by atoms with E-state index in [1.807, 2.05) is 13.1 Å². The van der Waals surface area contributed by atoms with E-state index in [-0.39, 0.29) is 0 Å². The molecule has 1 rings (SSSR count). The van der Waals surface area contributed by atoms with E-state index in [0.717, 1.165) is 18.5 Å². The molecule has 0 saturated carbocycles. The van der Waals surface area contributed by atoms with E-state index in [4.69, 9.17) is 16.3 Å². The summed E-state index contributed by atoms with van der Waals surface area (Å²) < 4.78 is 5.49. The number of nitrogens with one attached hydrogen (secondary N) is 1. The van der Waals surface area contributed by atoms with Crippen molar-refractivity contribution in [1.29, 1.82) is 0 Å². The van der Waals surface area contributed by atoms with Gasteiger partial charge in [0.05, 0.1) is 17.3 Å². The number of unbranched alkanes of at least 4 members (excludes halogenated alkanes) is 1. The van der Waals surface area contributed by atoms with Crippen LogP contribution in [0.2, 0.25) is 5.02 Å². The molecule has 0 fully saturated rings. The Kier molecular flexibility index (Phi) is 5.43. The zero-order valence-electron chi connectivity index (χ0n) is 9.22. The highest BCUT2D eigenvalue weighted by Crippen LogP contribution is 2.17. The maximum Gasteiger partial charge on any atom is 0.213 e. The van der Waals surface area contributed by atoms with Gasteiger partial charge in [-0.05, 0) is 19.5 Å². The van der Waals surface area contributed by atoms with Crippen molar-refractivity contribution in [2.24, 2.45) is 0 Å². The molecule has 0 aliphatic rings. The standard InChI is InChI=1S/C11H17ClN2O/c1-3-4-7-15-11-6-5-9(12)10(14-11)8-13-2/h5-6,13H,3-4,7-8H2,1-2H3. The molecule has 0 aliphatic heterocycles. The maximum atomic E-state index is 5.98. The van der Waals surface area contributed by atoms with Crippen molar-refractivity contribution in [2.75, 3.05) is 13.7 Å². The van der Waals surface area contributed by atoms with Gasteiger partial charge in [0.2, 0.25) is 5.88 Å². The van der Waals surface area contributed by atoms with Gasteiger partial charge >= 0.3 is 0 Å². The molecule has 0 atom stereocenters. The highest BCUT2D eigenvalue weighted by Gasteiger charge is 2.03. The summed E-state index contributed by atoms with van der Waals surface area (Å²) >= 11 is 5.98. The molecule has 0 spiro atoms. The van der Waals surface area contributed by atoms with E-state index in [0.29, 0.717) is 24.1 Å². The molecule has 0 bridgehead atoms. The molecule has 84 valence electrons. The molecule has 1 N–H and O–H groups in total. The second-order valence-electron chi connectivity index (χ2n) is 3.31. The SMILES string of the molecule is CCCCOc1ccc(Cl)c(CNC)n1. The first kappa shape index (κ1) is 12.3. The molecule has 0 aliphatic carbocycles. The van der Waals surface area contributed by atoms with Crippen LogP contribution in [-0.4, -0.2) is 18.6 Å². The minimum absolute atomic E-state index is 0.651. The predicted molar refractivity (Wildman–Crippen MR) is 62.4 cm³/mol. The van der Waals surface area contributed by atoms with Crippen LogP contribution in [0.15, 0.2) is 12.1 Å². The van der Waals surface area contributed by atoms with Crippen molar-refractivity contribution in [3.63, 3.8) is 0 Å². The monoisotopic (exact) mass is 228 g/mol. The van der Waals surface area contributed by atoms with Crippen LogP contribution in [0.25, 0.3) is 0 Å². The van der Waals surface area contributed by atoms with Crippen LogP contribution in [0.4, 0.5) is 0 Å². The van der Waals surface area contributed by atoms with Gasteiger partial charge < -0.3 is 10.1 Å². The van der Waals surface area contributed by atoms with Gasteiger partial charge in [-0.3, -0.25) is 0 Å². The van der Waals surface area contributed by atoms with Gasteiger partial charge in [0, 0.05) is 12.6 Å². The van der Waals surface area contributed by atoms with Crippen LogP contribution in [0, 0.1) is 0 Å². The molecule has 1 aromatic rings. The second-order valence-corrected chi connectivity index (χ2v) is 3.72. The average molecular weight is 229 g/mol. The quantitative estimate of drug-likeness (QED) is 0.761. The van der Waals surface area contributed by atoms with E-state index < -0.39 is 0 Å². The summed E-state index contributed by atoms with van der Waals surface area (Å²) in [4.78, 5) is 4.32. The molecule has 0 unspecified atom stereocenters. The van der Waals surface area contributed by atoms with Gasteiger partial charge in [0.1, 0.15) is 0 Å². The van der Waals surface area contributed by atoms with Crippen molar-refractivity contribution in [3.8, 4) is 5.88 Å². The van der Waals surface area contributed by atoms with Crippen LogP contribution >= 0.6 is 11.6 Å². The Balaban J connectivity index is 2.61. The van der Waals surface area contributed by atoms with E-state index in [1.165, 1.54) is 0 Å². The second kappa shape index (κ2) is 6.64. The highest BCUT2D eigenvalue weighted by molar-refractivity contribution is 6.31. The van der Waals surface area contributed by atoms with Gasteiger partial charge in [-0.2, -0.15) is 0 Å². The molecule has 1 heterocycles. The summed E-state index contributed by atoms with van der Waals surface area (Å²) in [5, 5.41) is 3.69. The first-order valence-corrected chi connectivity index (χ1v) is 5.58. The van der Waals surface area contributed by atoms with Crippen molar-refractivity contribution in [3.05, 3.63) is 22.8 Å². The number of ether oxygens (including phenoxy) is 1. The number of aromatic nitrogens is 1. The molecular formula is C11H17ClN2O. The lowest BCUT2D eigenvalue weighted by Gasteiger charge is -2.07. The first-order valence-electron chi connectivity index (χ1n) is 5.20. The summed E-state index contributed by atoms with van der Waals surface area (Å²) in [6, 6.07) is 3.62. The number of hydrogen-bond donors (Lipinski definition) is 1. The van der Waals surface area contributed by atoms with Crippen molar-refractivity contribution < 1.29 is 4.74 Å². The summed E-state index contributed by atoms with van der Waals surface area (Å²) in [6.07, 6.45) is 2.17. The molecular weight excluding hydrogens is 212 g/mol. The van der Waals surface area contributed by atoms with Crippen molar-refractivity contribution in [2.45, 2.75) is 26.3 Å². The smallest absolute Gasteiger partial charge is 0.213 e. The minimum Gasteiger partial charge on any atom is -0.478 e. The van der Waals surface area contributed by atoms with Gasteiger partial charge in [-0.15, -0.1) is 0 Å². The number of halogens is 1. The fraction of sp³-hybridized carbons (Fsp3) is 0.545. The fourth-order valence-electron chi connectivity index (χ4n) is 1.16. The predicted octanol–water partition coefficient (Wildman–Crippen LogP) is 2.63. The molecule has 0 radical (unpaired) electrons. The van der Waals surface area contributed by atoms with Crippen LogP contribution in [0.3, 0.4) is 0 Å². The Bertz CT molecular complexity index is 305. The van der Waals surface area contributed by atoms with E-state index >= 15 is 0 Å². The molecule has 0 saturated heterocycles. The first-order chi connectivity index (χ1) is 7.27. The average Bonchev–Trinajstić information content (AvgIpc) is 2.23. The van der Waals surface area contributed by atoms with Gasteiger partial charge in [0.25, 0.3) is 0 Å². The number of rotatable bonds is 6. The molecule has 0 aromatic carbocycles. The molecule has 0 amide bonds. The lowest BCUT2D eigenvalue weighted by molar-refractivity contribution is 0.297. The third-order valence-corrected chi connectivity index (χ3v) is 2.33. The molecule has 15 heavy (non-hydrogen) atoms. The third-order valence-electron chi connectivity index (χ3n) is 1.99. The van der Waals surface area contributed by atoms with Crippen molar-refractivity contribution >= 4 is 11.6 Å². The van der Waals surface area contributed by atoms with Gasteiger partial charge in [-0.25, -0.2) is 4.98 Å². The molecule has 1 aromatic heterocycles. The number of hydrogen-bond acceptors (Lipinski definition) is 3. The third kappa shape index (κ3) is 4.06. The summed E-state index contributed by atoms with van der Waals surface area (Å²) in [5.74, 6) is 0.651. The van der Waals surface area contributed by atoms with E-state index in [1.54, 1.807) is 6.07 Å². The maximum absolute atomic E-state index is 5.98. The van der Waals surface area contributed by atoms with Crippen LogP contribution in [0.1, 0.15) is 25.5 Å². The summed E-state index contributed by atoms with van der Waals surface area (Å²) in [6.45, 7) is 3.50. The Morgan fingerprint density at radius 3 is 2.93 bits per heavy atom. The topological polar surface area (TPSA) is 34.1 Å². The normalized spacial score (nSPS) is 10.3. The number of nitrogens with zero attached hydrogens (tertiary/aromatic N) is 1. The zero-order valence-corrected chi connectivity index (χ0v) is 9.97. The summed E-state index contributed by atoms with van der Waals surface area (Å²) in [7, 11) is 1.86. The van der Waals surface area contributed by atoms with E-state index in [2.05, 4.69) is 17.2 Å². The molecule has 3 nitrogen and oxygen atoms in total. The van der Waals surface area contributed by atoms with Crippen LogP contribution in [-0.2, 0) is 6.54 Å².